The van der Waals surface area contributed by atoms with Crippen LogP contribution in [0.2, 0.25) is 0 Å². The molecule has 0 aliphatic rings. The number of likely N-dealkylation sites (N-methyl/N-ethyl adjacent to an activating group) is 1. The van der Waals surface area contributed by atoms with Gasteiger partial charge in [-0.2, -0.15) is 0 Å². The maximum absolute atomic E-state index is 5.59. The predicted molar refractivity (Wildman–Crippen MR) is 58.4 cm³/mol. The number of rotatable bonds is 3. The molecule has 1 aromatic heterocycles. The second kappa shape index (κ2) is 4.37. The number of hydrogen-bond donors (Lipinski definition) is 1. The van der Waals surface area contributed by atoms with Crippen LogP contribution in [0.3, 0.4) is 0 Å². The minimum atomic E-state index is 0.260. The molecule has 0 spiro atoms. The van der Waals surface area contributed by atoms with Crippen molar-refractivity contribution in [3.8, 4) is 0 Å². The molecule has 4 heteroatoms. The summed E-state index contributed by atoms with van der Waals surface area (Å²) in [6.07, 6.45) is 0. The molecule has 1 rings (SSSR count). The van der Waals surface area contributed by atoms with Crippen LogP contribution in [0.5, 0.6) is 0 Å². The van der Waals surface area contributed by atoms with E-state index in [9.17, 15) is 0 Å². The molecule has 0 radical (unpaired) electrons. The Labute approximate surface area is 85.2 Å². The second-order valence-corrected chi connectivity index (χ2v) is 3.65. The van der Waals surface area contributed by atoms with Gasteiger partial charge in [-0.05, 0) is 26.8 Å². The third kappa shape index (κ3) is 2.42. The lowest BCUT2D eigenvalue weighted by Crippen LogP contribution is -2.36. The van der Waals surface area contributed by atoms with Crippen molar-refractivity contribution in [2.45, 2.75) is 26.8 Å². The largest absolute Gasteiger partial charge is 0.340 e. The van der Waals surface area contributed by atoms with Crippen LogP contribution in [0.25, 0.3) is 0 Å². The van der Waals surface area contributed by atoms with Gasteiger partial charge in [-0.25, -0.2) is 9.97 Å². The molecule has 0 aromatic carbocycles. The maximum atomic E-state index is 5.59. The Morgan fingerprint density at radius 2 is 1.86 bits per heavy atom. The van der Waals surface area contributed by atoms with Crippen LogP contribution in [0.1, 0.15) is 18.3 Å². The average Bonchev–Trinajstić information content (AvgIpc) is 2.14. The van der Waals surface area contributed by atoms with Gasteiger partial charge in [0.1, 0.15) is 0 Å². The van der Waals surface area contributed by atoms with Crippen LogP contribution < -0.4 is 10.6 Å². The van der Waals surface area contributed by atoms with Crippen LogP contribution >= 0.6 is 0 Å². The molecule has 1 heterocycles. The molecule has 0 fully saturated rings. The molecule has 1 aromatic rings. The van der Waals surface area contributed by atoms with Gasteiger partial charge in [0.25, 0.3) is 0 Å². The van der Waals surface area contributed by atoms with Gasteiger partial charge in [0.15, 0.2) is 0 Å². The molecule has 0 aliphatic carbocycles. The molecule has 4 nitrogen and oxygen atoms in total. The fraction of sp³-hybridized carbons (Fsp3) is 0.600. The molecule has 1 atom stereocenters. The molecule has 0 bridgehead atoms. The zero-order valence-corrected chi connectivity index (χ0v) is 9.28. The molecule has 0 saturated carbocycles. The third-order valence-electron chi connectivity index (χ3n) is 2.29. The lowest BCUT2D eigenvalue weighted by molar-refractivity contribution is 0.675. The van der Waals surface area contributed by atoms with Gasteiger partial charge < -0.3 is 10.6 Å². The highest BCUT2D eigenvalue weighted by Crippen LogP contribution is 2.10. The normalized spacial score (nSPS) is 12.6. The minimum Gasteiger partial charge on any atom is -0.340 e. The molecule has 0 aliphatic heterocycles. The van der Waals surface area contributed by atoms with E-state index in [0.717, 1.165) is 17.3 Å². The van der Waals surface area contributed by atoms with Crippen LogP contribution in [0.4, 0.5) is 5.95 Å². The summed E-state index contributed by atoms with van der Waals surface area (Å²) in [6.45, 7) is 6.60. The molecule has 2 N–H and O–H groups in total. The SMILES string of the molecule is Cc1cc(C)nc(N(C)C(C)CN)n1. The third-order valence-corrected chi connectivity index (χ3v) is 2.29. The van der Waals surface area contributed by atoms with Crippen molar-refractivity contribution < 1.29 is 0 Å². The topological polar surface area (TPSA) is 55.0 Å². The van der Waals surface area contributed by atoms with E-state index in [2.05, 4.69) is 16.9 Å². The monoisotopic (exact) mass is 194 g/mol. The van der Waals surface area contributed by atoms with E-state index in [1.807, 2.05) is 31.9 Å². The summed E-state index contributed by atoms with van der Waals surface area (Å²) < 4.78 is 0. The number of nitrogens with two attached hydrogens (primary N) is 1. The Kier molecular flexibility index (Phi) is 3.41. The zero-order chi connectivity index (χ0) is 10.7. The lowest BCUT2D eigenvalue weighted by atomic mass is 10.3. The molecule has 14 heavy (non-hydrogen) atoms. The summed E-state index contributed by atoms with van der Waals surface area (Å²) in [5.74, 6) is 0.750. The minimum absolute atomic E-state index is 0.260. The van der Waals surface area contributed by atoms with Gasteiger partial charge in [-0.3, -0.25) is 0 Å². The van der Waals surface area contributed by atoms with Gasteiger partial charge >= 0.3 is 0 Å². The standard InChI is InChI=1S/C10H18N4/c1-7-5-8(2)13-10(12-7)14(4)9(3)6-11/h5,9H,6,11H2,1-4H3. The summed E-state index contributed by atoms with van der Waals surface area (Å²) in [7, 11) is 1.96. The zero-order valence-electron chi connectivity index (χ0n) is 9.28. The lowest BCUT2D eigenvalue weighted by Gasteiger charge is -2.23. The number of nitrogens with zero attached hydrogens (tertiary/aromatic N) is 3. The van der Waals surface area contributed by atoms with E-state index in [4.69, 9.17) is 5.73 Å². The first-order valence-electron chi connectivity index (χ1n) is 4.79. The molecular weight excluding hydrogens is 176 g/mol. The van der Waals surface area contributed by atoms with E-state index in [-0.39, 0.29) is 6.04 Å². The van der Waals surface area contributed by atoms with Crippen LogP contribution in [0, 0.1) is 13.8 Å². The number of aryl methyl sites for hydroxylation is 2. The summed E-state index contributed by atoms with van der Waals surface area (Å²) in [4.78, 5) is 10.7. The number of aromatic nitrogens is 2. The highest BCUT2D eigenvalue weighted by atomic mass is 15.3. The van der Waals surface area contributed by atoms with E-state index in [1.54, 1.807) is 0 Å². The number of anilines is 1. The molecule has 78 valence electrons. The van der Waals surface area contributed by atoms with E-state index in [1.165, 1.54) is 0 Å². The Morgan fingerprint density at radius 1 is 1.36 bits per heavy atom. The van der Waals surface area contributed by atoms with Crippen LogP contribution in [0.15, 0.2) is 6.07 Å². The van der Waals surface area contributed by atoms with Crippen molar-refractivity contribution in [3.05, 3.63) is 17.5 Å². The summed E-state index contributed by atoms with van der Waals surface area (Å²) in [5.41, 5.74) is 7.57. The second-order valence-electron chi connectivity index (χ2n) is 3.65. The fourth-order valence-electron chi connectivity index (χ4n) is 1.22. The summed E-state index contributed by atoms with van der Waals surface area (Å²) >= 11 is 0. The van der Waals surface area contributed by atoms with Crippen molar-refractivity contribution in [2.24, 2.45) is 5.73 Å². The van der Waals surface area contributed by atoms with Gasteiger partial charge in [0.05, 0.1) is 0 Å². The Morgan fingerprint density at radius 3 is 2.29 bits per heavy atom. The Balaban J connectivity index is 2.94. The van der Waals surface area contributed by atoms with Crippen LogP contribution in [-0.4, -0.2) is 29.6 Å². The van der Waals surface area contributed by atoms with Gasteiger partial charge in [0, 0.05) is 31.0 Å². The summed E-state index contributed by atoms with van der Waals surface area (Å²) in [5, 5.41) is 0. The number of hydrogen-bond acceptors (Lipinski definition) is 4. The van der Waals surface area contributed by atoms with Crippen molar-refractivity contribution in [1.82, 2.24) is 9.97 Å². The first-order valence-corrected chi connectivity index (χ1v) is 4.79. The quantitative estimate of drug-likeness (QED) is 0.776. The fourth-order valence-corrected chi connectivity index (χ4v) is 1.22. The van der Waals surface area contributed by atoms with Crippen molar-refractivity contribution in [2.75, 3.05) is 18.5 Å². The van der Waals surface area contributed by atoms with E-state index < -0.39 is 0 Å². The Bertz CT molecular complexity index is 291. The maximum Gasteiger partial charge on any atom is 0.225 e. The van der Waals surface area contributed by atoms with E-state index in [0.29, 0.717) is 6.54 Å². The van der Waals surface area contributed by atoms with Crippen molar-refractivity contribution in [3.63, 3.8) is 0 Å². The van der Waals surface area contributed by atoms with Crippen LogP contribution in [-0.2, 0) is 0 Å². The average molecular weight is 194 g/mol. The van der Waals surface area contributed by atoms with E-state index >= 15 is 0 Å². The van der Waals surface area contributed by atoms with Gasteiger partial charge in [-0.1, -0.05) is 0 Å². The highest BCUT2D eigenvalue weighted by molar-refractivity contribution is 5.32. The highest BCUT2D eigenvalue weighted by Gasteiger charge is 2.11. The molecule has 0 amide bonds. The van der Waals surface area contributed by atoms with Gasteiger partial charge in [-0.15, -0.1) is 0 Å². The Hall–Kier alpha value is -1.16. The molecule has 0 saturated heterocycles. The molecule has 1 unspecified atom stereocenters. The smallest absolute Gasteiger partial charge is 0.225 e. The predicted octanol–water partition coefficient (Wildman–Crippen LogP) is 0.877. The first kappa shape index (κ1) is 10.9. The van der Waals surface area contributed by atoms with Gasteiger partial charge in [0.2, 0.25) is 5.95 Å². The first-order chi connectivity index (χ1) is 6.54. The summed E-state index contributed by atoms with van der Waals surface area (Å²) in [6, 6.07) is 2.22. The van der Waals surface area contributed by atoms with Crippen molar-refractivity contribution in [1.29, 1.82) is 0 Å². The molecular formula is C10H18N4. The van der Waals surface area contributed by atoms with Crippen molar-refractivity contribution >= 4 is 5.95 Å².